The average molecular weight is 301 g/mol. The Morgan fingerprint density at radius 1 is 1.32 bits per heavy atom. The fraction of sp³-hybridized carbons (Fsp3) is 0.571. The van der Waals surface area contributed by atoms with Crippen LogP contribution in [0.4, 0.5) is 0 Å². The Balaban J connectivity index is 1.84. The fourth-order valence-electron chi connectivity index (χ4n) is 2.48. The summed E-state index contributed by atoms with van der Waals surface area (Å²) in [6.07, 6.45) is 2.30. The number of alkyl halides is 1. The molecule has 0 aliphatic carbocycles. The molecule has 0 N–H and O–H groups in total. The number of benzene rings is 1. The number of ether oxygens (including phenoxy) is 3. The zero-order chi connectivity index (χ0) is 13.1. The predicted octanol–water partition coefficient (Wildman–Crippen LogP) is 3.39. The lowest BCUT2D eigenvalue weighted by molar-refractivity contribution is 0.150. The van der Waals surface area contributed by atoms with Gasteiger partial charge in [0.05, 0.1) is 18.5 Å². The second-order valence-corrected chi connectivity index (χ2v) is 6.32. The fourth-order valence-corrected chi connectivity index (χ4v) is 3.77. The third-order valence-electron chi connectivity index (χ3n) is 3.38. The molecule has 1 aromatic rings. The van der Waals surface area contributed by atoms with Crippen LogP contribution in [0.15, 0.2) is 12.1 Å². The number of fused-ring (bicyclic) bond motifs is 2. The van der Waals surface area contributed by atoms with Crippen molar-refractivity contribution in [1.29, 1.82) is 0 Å². The molecule has 0 amide bonds. The first-order valence-corrected chi connectivity index (χ1v) is 8.14. The van der Waals surface area contributed by atoms with Crippen LogP contribution in [0.25, 0.3) is 0 Å². The molecule has 2 aliphatic rings. The van der Waals surface area contributed by atoms with Crippen molar-refractivity contribution in [3.8, 4) is 11.5 Å². The largest absolute Gasteiger partial charge is 0.454 e. The van der Waals surface area contributed by atoms with Gasteiger partial charge in [0, 0.05) is 5.88 Å². The van der Waals surface area contributed by atoms with Gasteiger partial charge in [0.1, 0.15) is 0 Å². The second kappa shape index (κ2) is 6.25. The lowest BCUT2D eigenvalue weighted by Crippen LogP contribution is -2.07. The zero-order valence-electron chi connectivity index (χ0n) is 10.7. The molecular formula is C14H17ClO3S. The maximum Gasteiger partial charge on any atom is 0.231 e. The monoisotopic (exact) mass is 300 g/mol. The number of hydrogen-bond acceptors (Lipinski definition) is 4. The van der Waals surface area contributed by atoms with E-state index >= 15 is 0 Å². The highest BCUT2D eigenvalue weighted by molar-refractivity contribution is 7.99. The second-order valence-electron chi connectivity index (χ2n) is 4.63. The molecule has 0 fully saturated rings. The van der Waals surface area contributed by atoms with E-state index in [0.717, 1.165) is 23.7 Å². The van der Waals surface area contributed by atoms with Crippen molar-refractivity contribution < 1.29 is 14.2 Å². The molecule has 0 spiro atoms. The molecule has 0 saturated heterocycles. The minimum absolute atomic E-state index is 0.332. The van der Waals surface area contributed by atoms with Gasteiger partial charge >= 0.3 is 0 Å². The van der Waals surface area contributed by atoms with Crippen LogP contribution >= 0.6 is 23.4 Å². The van der Waals surface area contributed by atoms with Crippen molar-refractivity contribution in [2.45, 2.75) is 18.1 Å². The Hall–Kier alpha value is -0.580. The summed E-state index contributed by atoms with van der Waals surface area (Å²) in [6, 6.07) is 4.27. The highest BCUT2D eigenvalue weighted by Crippen LogP contribution is 2.42. The van der Waals surface area contributed by atoms with Crippen LogP contribution in [0, 0.1) is 0 Å². The molecule has 0 bridgehead atoms. The van der Waals surface area contributed by atoms with Crippen molar-refractivity contribution in [3.05, 3.63) is 23.3 Å². The Kier molecular flexibility index (Phi) is 4.41. The van der Waals surface area contributed by atoms with E-state index in [1.165, 1.54) is 17.5 Å². The minimum Gasteiger partial charge on any atom is -0.454 e. The molecule has 3 rings (SSSR count). The maximum absolute atomic E-state index is 5.66. The van der Waals surface area contributed by atoms with Crippen LogP contribution in [0.5, 0.6) is 11.5 Å². The Morgan fingerprint density at radius 3 is 3.00 bits per heavy atom. The van der Waals surface area contributed by atoms with Crippen LogP contribution in [0.2, 0.25) is 0 Å². The van der Waals surface area contributed by atoms with E-state index < -0.39 is 0 Å². The molecule has 0 saturated carbocycles. The summed E-state index contributed by atoms with van der Waals surface area (Å²) in [7, 11) is 0. The first-order chi connectivity index (χ1) is 9.38. The molecule has 2 aliphatic heterocycles. The summed E-state index contributed by atoms with van der Waals surface area (Å²) >= 11 is 7.62. The van der Waals surface area contributed by atoms with Crippen molar-refractivity contribution in [2.75, 3.05) is 31.6 Å². The quantitative estimate of drug-likeness (QED) is 0.629. The van der Waals surface area contributed by atoms with Gasteiger partial charge in [-0.1, -0.05) is 0 Å². The standard InChI is InChI=1S/C14H17ClO3S/c15-3-4-16-8-14-11-7-13-12(17-9-18-13)6-10(11)2-1-5-19-14/h6-7,14H,1-5,8-9H2. The van der Waals surface area contributed by atoms with Crippen LogP contribution in [0.3, 0.4) is 0 Å². The Morgan fingerprint density at radius 2 is 2.16 bits per heavy atom. The summed E-state index contributed by atoms with van der Waals surface area (Å²) in [5, 5.41) is 0.371. The van der Waals surface area contributed by atoms with E-state index in [9.17, 15) is 0 Å². The smallest absolute Gasteiger partial charge is 0.231 e. The van der Waals surface area contributed by atoms with Crippen LogP contribution < -0.4 is 9.47 Å². The topological polar surface area (TPSA) is 27.7 Å². The third-order valence-corrected chi connectivity index (χ3v) is 4.85. The van der Waals surface area contributed by atoms with Gasteiger partial charge in [-0.2, -0.15) is 11.8 Å². The molecule has 1 atom stereocenters. The van der Waals surface area contributed by atoms with Gasteiger partial charge in [0.25, 0.3) is 0 Å². The van der Waals surface area contributed by atoms with E-state index in [-0.39, 0.29) is 0 Å². The highest BCUT2D eigenvalue weighted by atomic mass is 35.5. The summed E-state index contributed by atoms with van der Waals surface area (Å²) in [6.45, 7) is 1.65. The van der Waals surface area contributed by atoms with E-state index in [2.05, 4.69) is 12.1 Å². The van der Waals surface area contributed by atoms with Gasteiger partial charge in [0.15, 0.2) is 11.5 Å². The van der Waals surface area contributed by atoms with Crippen LogP contribution in [-0.4, -0.2) is 31.6 Å². The van der Waals surface area contributed by atoms with Gasteiger partial charge in [-0.15, -0.1) is 11.6 Å². The van der Waals surface area contributed by atoms with Crippen molar-refractivity contribution in [3.63, 3.8) is 0 Å². The van der Waals surface area contributed by atoms with Crippen molar-refractivity contribution in [1.82, 2.24) is 0 Å². The first kappa shape index (κ1) is 13.4. The van der Waals surface area contributed by atoms with Crippen molar-refractivity contribution in [2.24, 2.45) is 0 Å². The minimum atomic E-state index is 0.332. The lowest BCUT2D eigenvalue weighted by Gasteiger charge is -2.17. The SMILES string of the molecule is ClCCOCC1SCCCc2cc3c(cc21)OCO3. The Labute approximate surface area is 122 Å². The number of halogens is 1. The number of hydrogen-bond donors (Lipinski definition) is 0. The highest BCUT2D eigenvalue weighted by Gasteiger charge is 2.24. The van der Waals surface area contributed by atoms with E-state index in [0.29, 0.717) is 31.1 Å². The maximum atomic E-state index is 5.66. The normalized spacial score (nSPS) is 21.0. The molecule has 19 heavy (non-hydrogen) atoms. The van der Waals surface area contributed by atoms with Gasteiger partial charge < -0.3 is 14.2 Å². The van der Waals surface area contributed by atoms with Gasteiger partial charge in [0.2, 0.25) is 6.79 Å². The molecule has 2 heterocycles. The molecular weight excluding hydrogens is 284 g/mol. The van der Waals surface area contributed by atoms with E-state index in [1.807, 2.05) is 11.8 Å². The molecule has 0 radical (unpaired) electrons. The van der Waals surface area contributed by atoms with Gasteiger partial charge in [-0.3, -0.25) is 0 Å². The molecule has 0 aromatic heterocycles. The van der Waals surface area contributed by atoms with E-state index in [4.69, 9.17) is 25.8 Å². The first-order valence-electron chi connectivity index (χ1n) is 6.56. The van der Waals surface area contributed by atoms with Crippen LogP contribution in [-0.2, 0) is 11.2 Å². The summed E-state index contributed by atoms with van der Waals surface area (Å²) in [5.41, 5.74) is 2.70. The predicted molar refractivity (Wildman–Crippen MR) is 77.6 cm³/mol. The lowest BCUT2D eigenvalue weighted by atomic mass is 10.00. The number of rotatable bonds is 4. The average Bonchev–Trinajstić information content (AvgIpc) is 2.79. The molecule has 1 unspecified atom stereocenters. The van der Waals surface area contributed by atoms with Crippen LogP contribution in [0.1, 0.15) is 22.8 Å². The van der Waals surface area contributed by atoms with Gasteiger partial charge in [-0.25, -0.2) is 0 Å². The third kappa shape index (κ3) is 2.96. The molecule has 1 aromatic carbocycles. The molecule has 3 nitrogen and oxygen atoms in total. The van der Waals surface area contributed by atoms with Gasteiger partial charge in [-0.05, 0) is 41.9 Å². The van der Waals surface area contributed by atoms with Crippen molar-refractivity contribution >= 4 is 23.4 Å². The number of aryl methyl sites for hydroxylation is 1. The molecule has 104 valence electrons. The number of thioether (sulfide) groups is 1. The zero-order valence-corrected chi connectivity index (χ0v) is 12.3. The molecule has 5 heteroatoms. The Bertz CT molecular complexity index is 453. The summed E-state index contributed by atoms with van der Waals surface area (Å²) in [4.78, 5) is 0. The van der Waals surface area contributed by atoms with E-state index in [1.54, 1.807) is 0 Å². The summed E-state index contributed by atoms with van der Waals surface area (Å²) in [5.74, 6) is 3.45. The summed E-state index contributed by atoms with van der Waals surface area (Å²) < 4.78 is 16.6.